The molecular weight excluding hydrogens is 418 g/mol. The highest BCUT2D eigenvalue weighted by atomic mass is 32.2. The summed E-state index contributed by atoms with van der Waals surface area (Å²) in [5.74, 6) is 1.53. The number of carbonyl (C=O) groups excluding carboxylic acids is 1. The number of carbonyl (C=O) groups is 1. The van der Waals surface area contributed by atoms with Crippen molar-refractivity contribution in [3.05, 3.63) is 36.0 Å². The minimum absolute atomic E-state index is 0.120. The van der Waals surface area contributed by atoms with Crippen LogP contribution in [0.3, 0.4) is 0 Å². The van der Waals surface area contributed by atoms with Crippen molar-refractivity contribution in [3.63, 3.8) is 0 Å². The van der Waals surface area contributed by atoms with E-state index in [1.165, 1.54) is 4.31 Å². The molecule has 0 radical (unpaired) electrons. The standard InChI is InChI=1S/C21H29N5O4S/c1-16-22-21(30-24-16)17-7-12-25(13-8-17)14-9-20(27)23-18-5-4-6-19(15-18)31(28,29)26-10-2-3-11-26/h4-6,15,17H,2-3,7-14H2,1H3,(H,23,27). The van der Waals surface area contributed by atoms with Crippen molar-refractivity contribution in [2.75, 3.05) is 38.0 Å². The van der Waals surface area contributed by atoms with Crippen molar-refractivity contribution in [3.8, 4) is 0 Å². The monoisotopic (exact) mass is 447 g/mol. The zero-order valence-corrected chi connectivity index (χ0v) is 18.6. The molecule has 2 aromatic rings. The van der Waals surface area contributed by atoms with Gasteiger partial charge in [-0.15, -0.1) is 0 Å². The van der Waals surface area contributed by atoms with E-state index in [1.54, 1.807) is 24.3 Å². The first-order valence-electron chi connectivity index (χ1n) is 10.8. The molecule has 2 aliphatic heterocycles. The van der Waals surface area contributed by atoms with Crippen LogP contribution in [-0.2, 0) is 14.8 Å². The highest BCUT2D eigenvalue weighted by Crippen LogP contribution is 2.27. The fourth-order valence-electron chi connectivity index (χ4n) is 4.18. The minimum Gasteiger partial charge on any atom is -0.339 e. The third-order valence-corrected chi connectivity index (χ3v) is 7.85. The van der Waals surface area contributed by atoms with E-state index < -0.39 is 10.0 Å². The fourth-order valence-corrected chi connectivity index (χ4v) is 5.74. The van der Waals surface area contributed by atoms with E-state index in [9.17, 15) is 13.2 Å². The molecule has 2 fully saturated rings. The molecule has 2 aliphatic rings. The van der Waals surface area contributed by atoms with Gasteiger partial charge in [0.1, 0.15) is 0 Å². The number of amides is 1. The Bertz CT molecular complexity index is 1010. The normalized spacial score (nSPS) is 19.0. The number of likely N-dealkylation sites (tertiary alicyclic amines) is 1. The average molecular weight is 448 g/mol. The Labute approximate surface area is 182 Å². The van der Waals surface area contributed by atoms with E-state index >= 15 is 0 Å². The second-order valence-electron chi connectivity index (χ2n) is 8.23. The number of aryl methyl sites for hydroxylation is 1. The van der Waals surface area contributed by atoms with Crippen LogP contribution in [0.2, 0.25) is 0 Å². The molecule has 3 heterocycles. The molecule has 2 saturated heterocycles. The molecule has 10 heteroatoms. The van der Waals surface area contributed by atoms with Gasteiger partial charge in [0.25, 0.3) is 0 Å². The molecule has 31 heavy (non-hydrogen) atoms. The van der Waals surface area contributed by atoms with Gasteiger partial charge in [-0.3, -0.25) is 4.79 Å². The lowest BCUT2D eigenvalue weighted by Gasteiger charge is -2.30. The topological polar surface area (TPSA) is 109 Å². The molecule has 0 spiro atoms. The van der Waals surface area contributed by atoms with Gasteiger partial charge in [-0.25, -0.2) is 8.42 Å². The maximum Gasteiger partial charge on any atom is 0.243 e. The Morgan fingerprint density at radius 1 is 1.19 bits per heavy atom. The number of hydrogen-bond acceptors (Lipinski definition) is 7. The predicted molar refractivity (Wildman–Crippen MR) is 115 cm³/mol. The van der Waals surface area contributed by atoms with Gasteiger partial charge in [0.2, 0.25) is 21.8 Å². The number of piperidine rings is 1. The van der Waals surface area contributed by atoms with Gasteiger partial charge >= 0.3 is 0 Å². The summed E-state index contributed by atoms with van der Waals surface area (Å²) in [5, 5.41) is 6.70. The first-order chi connectivity index (χ1) is 14.9. The molecule has 4 rings (SSSR count). The van der Waals surface area contributed by atoms with Gasteiger partial charge < -0.3 is 14.7 Å². The van der Waals surface area contributed by atoms with Crippen molar-refractivity contribution >= 4 is 21.6 Å². The summed E-state index contributed by atoms with van der Waals surface area (Å²) in [4.78, 5) is 19.2. The molecule has 9 nitrogen and oxygen atoms in total. The number of anilines is 1. The number of nitrogens with zero attached hydrogens (tertiary/aromatic N) is 4. The summed E-state index contributed by atoms with van der Waals surface area (Å²) in [6.07, 6.45) is 4.00. The van der Waals surface area contributed by atoms with Crippen LogP contribution >= 0.6 is 0 Å². The molecule has 0 atom stereocenters. The summed E-state index contributed by atoms with van der Waals surface area (Å²) in [6.45, 7) is 5.35. The highest BCUT2D eigenvalue weighted by Gasteiger charge is 2.27. The van der Waals surface area contributed by atoms with Gasteiger partial charge in [-0.1, -0.05) is 11.2 Å². The maximum absolute atomic E-state index is 12.7. The first kappa shape index (κ1) is 21.9. The molecule has 1 aromatic heterocycles. The van der Waals surface area contributed by atoms with Crippen LogP contribution in [0.1, 0.15) is 49.7 Å². The molecule has 168 valence electrons. The van der Waals surface area contributed by atoms with Crippen molar-refractivity contribution in [2.45, 2.75) is 49.8 Å². The Kier molecular flexibility index (Phi) is 6.68. The van der Waals surface area contributed by atoms with Crippen molar-refractivity contribution in [1.82, 2.24) is 19.3 Å². The van der Waals surface area contributed by atoms with Gasteiger partial charge in [0.05, 0.1) is 4.90 Å². The Morgan fingerprint density at radius 2 is 1.94 bits per heavy atom. The quantitative estimate of drug-likeness (QED) is 0.694. The second kappa shape index (κ2) is 9.46. The van der Waals surface area contributed by atoms with E-state index in [-0.39, 0.29) is 16.7 Å². The summed E-state index contributed by atoms with van der Waals surface area (Å²) in [6, 6.07) is 6.52. The van der Waals surface area contributed by atoms with Crippen LogP contribution in [-0.4, -0.2) is 66.4 Å². The Morgan fingerprint density at radius 3 is 2.61 bits per heavy atom. The molecule has 1 aromatic carbocycles. The lowest BCUT2D eigenvalue weighted by Crippen LogP contribution is -2.35. The average Bonchev–Trinajstić information content (AvgIpc) is 3.45. The zero-order chi connectivity index (χ0) is 21.8. The van der Waals surface area contributed by atoms with Crippen LogP contribution in [0.4, 0.5) is 5.69 Å². The van der Waals surface area contributed by atoms with Crippen molar-refractivity contribution < 1.29 is 17.7 Å². The molecule has 0 saturated carbocycles. The largest absolute Gasteiger partial charge is 0.339 e. The molecule has 1 amide bonds. The summed E-state index contributed by atoms with van der Waals surface area (Å²) in [7, 11) is -3.50. The Hall–Kier alpha value is -2.30. The molecule has 1 N–H and O–H groups in total. The van der Waals surface area contributed by atoms with Crippen molar-refractivity contribution in [2.24, 2.45) is 0 Å². The molecule has 0 aliphatic carbocycles. The number of hydrogen-bond donors (Lipinski definition) is 1. The number of sulfonamides is 1. The van der Waals surface area contributed by atoms with E-state index in [4.69, 9.17) is 4.52 Å². The number of nitrogens with one attached hydrogen (secondary N) is 1. The summed E-state index contributed by atoms with van der Waals surface area (Å²) >= 11 is 0. The summed E-state index contributed by atoms with van der Waals surface area (Å²) in [5.41, 5.74) is 0.510. The van der Waals surface area contributed by atoms with E-state index in [1.807, 2.05) is 6.92 Å². The zero-order valence-electron chi connectivity index (χ0n) is 17.8. The smallest absolute Gasteiger partial charge is 0.243 e. The Balaban J connectivity index is 1.26. The van der Waals surface area contributed by atoms with E-state index in [0.29, 0.717) is 43.5 Å². The highest BCUT2D eigenvalue weighted by molar-refractivity contribution is 7.89. The van der Waals surface area contributed by atoms with Crippen LogP contribution in [0.5, 0.6) is 0 Å². The van der Waals surface area contributed by atoms with E-state index in [0.717, 1.165) is 38.8 Å². The third-order valence-electron chi connectivity index (χ3n) is 5.96. The number of benzene rings is 1. The van der Waals surface area contributed by atoms with Crippen LogP contribution in [0, 0.1) is 6.92 Å². The van der Waals surface area contributed by atoms with E-state index in [2.05, 4.69) is 20.4 Å². The van der Waals surface area contributed by atoms with Gasteiger partial charge in [-0.2, -0.15) is 9.29 Å². The fraction of sp³-hybridized carbons (Fsp3) is 0.571. The third kappa shape index (κ3) is 5.31. The predicted octanol–water partition coefficient (Wildman–Crippen LogP) is 2.37. The number of aromatic nitrogens is 2. The lowest BCUT2D eigenvalue weighted by atomic mass is 9.96. The lowest BCUT2D eigenvalue weighted by molar-refractivity contribution is -0.116. The first-order valence-corrected chi connectivity index (χ1v) is 12.3. The van der Waals surface area contributed by atoms with Crippen LogP contribution in [0.15, 0.2) is 33.7 Å². The maximum atomic E-state index is 12.7. The molecule has 0 bridgehead atoms. The molecular formula is C21H29N5O4S. The minimum atomic E-state index is -3.50. The SMILES string of the molecule is Cc1noc(C2CCN(CCC(=O)Nc3cccc(S(=O)(=O)N4CCCC4)c3)CC2)n1. The van der Waals surface area contributed by atoms with Gasteiger partial charge in [-0.05, 0) is 63.9 Å². The van der Waals surface area contributed by atoms with Crippen LogP contribution < -0.4 is 5.32 Å². The second-order valence-corrected chi connectivity index (χ2v) is 10.2. The summed E-state index contributed by atoms with van der Waals surface area (Å²) < 4.78 is 32.2. The van der Waals surface area contributed by atoms with Gasteiger partial charge in [0.15, 0.2) is 5.82 Å². The van der Waals surface area contributed by atoms with Crippen molar-refractivity contribution in [1.29, 1.82) is 0 Å². The molecule has 0 unspecified atom stereocenters. The number of rotatable bonds is 7. The van der Waals surface area contributed by atoms with Crippen LogP contribution in [0.25, 0.3) is 0 Å². The van der Waals surface area contributed by atoms with Gasteiger partial charge in [0, 0.05) is 37.7 Å².